The third-order valence-corrected chi connectivity index (χ3v) is 4.62. The van der Waals surface area contributed by atoms with Crippen molar-refractivity contribution in [3.8, 4) is 0 Å². The minimum absolute atomic E-state index is 0.0193. The van der Waals surface area contributed by atoms with Crippen LogP contribution in [0.1, 0.15) is 36.7 Å². The summed E-state index contributed by atoms with van der Waals surface area (Å²) in [6.45, 7) is 6.85. The Morgan fingerprint density at radius 3 is 2.48 bits per heavy atom. The van der Waals surface area contributed by atoms with E-state index < -0.39 is 5.82 Å². The zero-order valence-corrected chi connectivity index (χ0v) is 15.8. The van der Waals surface area contributed by atoms with E-state index in [0.717, 1.165) is 0 Å². The highest BCUT2D eigenvalue weighted by Gasteiger charge is 2.24. The summed E-state index contributed by atoms with van der Waals surface area (Å²) in [5, 5.41) is 3.03. The second kappa shape index (κ2) is 8.05. The third kappa shape index (κ3) is 4.45. The summed E-state index contributed by atoms with van der Waals surface area (Å²) in [6, 6.07) is 9.49. The van der Waals surface area contributed by atoms with Gasteiger partial charge < -0.3 is 15.0 Å². The van der Waals surface area contributed by atoms with Crippen LogP contribution in [0.15, 0.2) is 36.4 Å². The number of anilines is 2. The monoisotopic (exact) mass is 374 g/mol. The summed E-state index contributed by atoms with van der Waals surface area (Å²) < 4.78 is 34.2. The van der Waals surface area contributed by atoms with Gasteiger partial charge in [-0.1, -0.05) is 12.1 Å². The molecule has 0 aliphatic carbocycles. The molecule has 0 amide bonds. The molecule has 1 fully saturated rings. The molecule has 0 radical (unpaired) electrons. The van der Waals surface area contributed by atoms with Gasteiger partial charge in [0.1, 0.15) is 11.6 Å². The number of Topliss-reactive ketones (excluding diaryl/α,β-unsaturated/α-hetero) is 1. The van der Waals surface area contributed by atoms with Gasteiger partial charge in [-0.2, -0.15) is 0 Å². The lowest BCUT2D eigenvalue weighted by Crippen LogP contribution is -2.45. The number of halogens is 2. The molecular weight excluding hydrogens is 350 g/mol. The van der Waals surface area contributed by atoms with Gasteiger partial charge in [0, 0.05) is 25.3 Å². The molecule has 1 aliphatic rings. The number of morpholine rings is 1. The largest absolute Gasteiger partial charge is 0.380 e. The van der Waals surface area contributed by atoms with Crippen molar-refractivity contribution in [1.82, 2.24) is 0 Å². The van der Waals surface area contributed by atoms with Crippen LogP contribution in [0.25, 0.3) is 0 Å². The fourth-order valence-electron chi connectivity index (χ4n) is 3.52. The van der Waals surface area contributed by atoms with Crippen LogP contribution in [0.2, 0.25) is 0 Å². The lowest BCUT2D eigenvalue weighted by molar-refractivity contribution is -0.00539. The zero-order chi connectivity index (χ0) is 19.6. The Kier molecular flexibility index (Phi) is 5.75. The van der Waals surface area contributed by atoms with Crippen LogP contribution >= 0.6 is 0 Å². The Balaban J connectivity index is 1.74. The topological polar surface area (TPSA) is 41.6 Å². The zero-order valence-electron chi connectivity index (χ0n) is 15.8. The Bertz CT molecular complexity index is 831. The average molecular weight is 374 g/mol. The van der Waals surface area contributed by atoms with Crippen molar-refractivity contribution in [2.24, 2.45) is 0 Å². The van der Waals surface area contributed by atoms with Crippen molar-refractivity contribution < 1.29 is 18.3 Å². The molecule has 1 aliphatic heterocycles. The number of nitrogens with zero attached hydrogens (tertiary/aromatic N) is 1. The van der Waals surface area contributed by atoms with E-state index in [1.165, 1.54) is 25.1 Å². The van der Waals surface area contributed by atoms with Crippen molar-refractivity contribution in [2.75, 3.05) is 23.3 Å². The normalized spacial score (nSPS) is 19.8. The first-order valence-corrected chi connectivity index (χ1v) is 9.07. The summed E-state index contributed by atoms with van der Waals surface area (Å²) in [5.74, 6) is -1.22. The van der Waals surface area contributed by atoms with Crippen molar-refractivity contribution in [2.45, 2.75) is 39.5 Å². The van der Waals surface area contributed by atoms with Crippen molar-refractivity contribution in [3.05, 3.63) is 59.2 Å². The van der Waals surface area contributed by atoms with Crippen LogP contribution in [0.5, 0.6) is 0 Å². The van der Waals surface area contributed by atoms with Crippen molar-refractivity contribution >= 4 is 17.2 Å². The SMILES string of the molecule is CC(=O)c1c(F)cccc1NCc1ccc(N2CC(C)OC(C)C2)c(F)c1. The number of ketones is 1. The van der Waals surface area contributed by atoms with Gasteiger partial charge in [0.05, 0.1) is 23.5 Å². The smallest absolute Gasteiger partial charge is 0.164 e. The number of carbonyl (C=O) groups excluding carboxylic acids is 1. The molecule has 27 heavy (non-hydrogen) atoms. The van der Waals surface area contributed by atoms with Gasteiger partial charge in [-0.25, -0.2) is 8.78 Å². The summed E-state index contributed by atoms with van der Waals surface area (Å²) in [7, 11) is 0. The molecule has 3 rings (SSSR count). The molecule has 0 bridgehead atoms. The van der Waals surface area contributed by atoms with Gasteiger partial charge in [-0.3, -0.25) is 4.79 Å². The van der Waals surface area contributed by atoms with Crippen LogP contribution in [-0.4, -0.2) is 31.1 Å². The second-order valence-electron chi connectivity index (χ2n) is 7.02. The second-order valence-corrected chi connectivity index (χ2v) is 7.02. The molecule has 144 valence electrons. The first kappa shape index (κ1) is 19.3. The lowest BCUT2D eigenvalue weighted by Gasteiger charge is -2.37. The summed E-state index contributed by atoms with van der Waals surface area (Å²) in [6.07, 6.45) is 0.0972. The van der Waals surface area contributed by atoms with E-state index in [-0.39, 0.29) is 35.9 Å². The molecule has 4 nitrogen and oxygen atoms in total. The molecule has 2 aromatic rings. The van der Waals surface area contributed by atoms with Crippen LogP contribution < -0.4 is 10.2 Å². The van der Waals surface area contributed by atoms with E-state index >= 15 is 0 Å². The van der Waals surface area contributed by atoms with Gasteiger partial charge in [-0.15, -0.1) is 0 Å². The molecule has 2 unspecified atom stereocenters. The Labute approximate surface area is 158 Å². The highest BCUT2D eigenvalue weighted by atomic mass is 19.1. The molecule has 0 aromatic heterocycles. The summed E-state index contributed by atoms with van der Waals surface area (Å²) in [4.78, 5) is 13.7. The average Bonchev–Trinajstić information content (AvgIpc) is 2.58. The van der Waals surface area contributed by atoms with Crippen LogP contribution in [-0.2, 0) is 11.3 Å². The van der Waals surface area contributed by atoms with Gasteiger partial charge in [-0.05, 0) is 50.6 Å². The maximum absolute atomic E-state index is 14.7. The maximum Gasteiger partial charge on any atom is 0.164 e. The van der Waals surface area contributed by atoms with E-state index in [2.05, 4.69) is 5.32 Å². The van der Waals surface area contributed by atoms with E-state index in [4.69, 9.17) is 4.74 Å². The molecule has 1 heterocycles. The number of hydrogen-bond donors (Lipinski definition) is 1. The standard InChI is InChI=1S/C21H24F2N2O2/c1-13-11-25(12-14(2)27-13)20-8-7-16(9-18(20)23)10-24-19-6-4-5-17(22)21(19)15(3)26/h4-9,13-14,24H,10-12H2,1-3H3. The first-order chi connectivity index (χ1) is 12.8. The van der Waals surface area contributed by atoms with Gasteiger partial charge in [0.2, 0.25) is 0 Å². The number of carbonyl (C=O) groups is 1. The van der Waals surface area contributed by atoms with Crippen LogP contribution in [0.3, 0.4) is 0 Å². The minimum Gasteiger partial charge on any atom is -0.380 e. The molecule has 1 N–H and O–H groups in total. The van der Waals surface area contributed by atoms with Gasteiger partial charge >= 0.3 is 0 Å². The number of benzene rings is 2. The van der Waals surface area contributed by atoms with E-state index in [0.29, 0.717) is 30.0 Å². The van der Waals surface area contributed by atoms with Crippen molar-refractivity contribution in [3.63, 3.8) is 0 Å². The Morgan fingerprint density at radius 1 is 1.15 bits per heavy atom. The third-order valence-electron chi connectivity index (χ3n) is 4.62. The molecule has 6 heteroatoms. The maximum atomic E-state index is 14.7. The fraction of sp³-hybridized carbons (Fsp3) is 0.381. The van der Waals surface area contributed by atoms with Crippen LogP contribution in [0, 0.1) is 11.6 Å². The predicted octanol–water partition coefficient (Wildman–Crippen LogP) is 4.39. The van der Waals surface area contributed by atoms with Gasteiger partial charge in [0.15, 0.2) is 5.78 Å². The summed E-state index contributed by atoms with van der Waals surface area (Å²) in [5.41, 5.74) is 1.69. The molecule has 2 aromatic carbocycles. The quantitative estimate of drug-likeness (QED) is 0.788. The number of ether oxygens (including phenoxy) is 1. The highest BCUT2D eigenvalue weighted by Crippen LogP contribution is 2.25. The van der Waals surface area contributed by atoms with E-state index in [1.807, 2.05) is 24.8 Å². The minimum atomic E-state index is -0.565. The number of hydrogen-bond acceptors (Lipinski definition) is 4. The highest BCUT2D eigenvalue weighted by molar-refractivity contribution is 5.99. The Hall–Kier alpha value is -2.47. The first-order valence-electron chi connectivity index (χ1n) is 9.07. The number of nitrogens with one attached hydrogen (secondary N) is 1. The van der Waals surface area contributed by atoms with E-state index in [1.54, 1.807) is 12.1 Å². The fourth-order valence-corrected chi connectivity index (χ4v) is 3.52. The Morgan fingerprint density at radius 2 is 1.85 bits per heavy atom. The molecular formula is C21H24F2N2O2. The summed E-state index contributed by atoms with van der Waals surface area (Å²) >= 11 is 0. The van der Waals surface area contributed by atoms with Crippen molar-refractivity contribution in [1.29, 1.82) is 0 Å². The number of rotatable bonds is 5. The molecule has 2 atom stereocenters. The molecule has 0 spiro atoms. The predicted molar refractivity (Wildman–Crippen MR) is 102 cm³/mol. The van der Waals surface area contributed by atoms with E-state index in [9.17, 15) is 13.6 Å². The van der Waals surface area contributed by atoms with Crippen LogP contribution in [0.4, 0.5) is 20.2 Å². The lowest BCUT2D eigenvalue weighted by atomic mass is 10.1. The van der Waals surface area contributed by atoms with Gasteiger partial charge in [0.25, 0.3) is 0 Å². The molecule has 1 saturated heterocycles. The molecule has 0 saturated carbocycles.